The molecule has 0 bridgehead atoms. The maximum Gasteiger partial charge on any atom is 0.307 e. The molecule has 2 saturated carbocycles. The first kappa shape index (κ1) is 12.3. The molecule has 0 amide bonds. The molecule has 2 rings (SSSR count). The molecule has 17 heavy (non-hydrogen) atoms. The van der Waals surface area contributed by atoms with Gasteiger partial charge in [0.2, 0.25) is 0 Å². The van der Waals surface area contributed by atoms with E-state index in [4.69, 9.17) is 5.11 Å². The maximum absolute atomic E-state index is 13.0. The fourth-order valence-electron chi connectivity index (χ4n) is 2.90. The summed E-state index contributed by atoms with van der Waals surface area (Å²) in [6, 6.07) is 0. The van der Waals surface area contributed by atoms with Crippen LogP contribution in [-0.4, -0.2) is 30.1 Å². The molecule has 1 N–H and O–H groups in total. The number of esters is 1. The van der Waals surface area contributed by atoms with Crippen LogP contribution in [0.15, 0.2) is 0 Å². The zero-order valence-electron chi connectivity index (χ0n) is 9.36. The highest BCUT2D eigenvalue weighted by Crippen LogP contribution is 2.66. The molecule has 2 unspecified atom stereocenters. The minimum atomic E-state index is -2.61. The van der Waals surface area contributed by atoms with Crippen molar-refractivity contribution in [3.63, 3.8) is 0 Å². The Morgan fingerprint density at radius 3 is 2.35 bits per heavy atom. The van der Waals surface area contributed by atoms with Crippen LogP contribution >= 0.6 is 0 Å². The van der Waals surface area contributed by atoms with Gasteiger partial charge in [0.1, 0.15) is 0 Å². The van der Waals surface area contributed by atoms with Crippen molar-refractivity contribution < 1.29 is 28.2 Å². The molecule has 96 valence electrons. The van der Waals surface area contributed by atoms with Gasteiger partial charge in [0.05, 0.1) is 19.4 Å². The number of rotatable bonds is 4. The predicted octanol–water partition coefficient (Wildman–Crippen LogP) is 1.54. The number of hydrogen-bond acceptors (Lipinski definition) is 3. The number of halogens is 2. The van der Waals surface area contributed by atoms with E-state index in [0.717, 1.165) is 0 Å². The number of carbonyl (C=O) groups excluding carboxylic acids is 1. The molecule has 0 aliphatic heterocycles. The maximum atomic E-state index is 13.0. The Hall–Kier alpha value is -1.20. The summed E-state index contributed by atoms with van der Waals surface area (Å²) in [4.78, 5) is 22.1. The van der Waals surface area contributed by atoms with E-state index >= 15 is 0 Å². The van der Waals surface area contributed by atoms with E-state index in [9.17, 15) is 18.4 Å². The Bertz CT molecular complexity index is 341. The Morgan fingerprint density at radius 1 is 1.41 bits per heavy atom. The number of methoxy groups -OCH3 is 1. The molecule has 4 nitrogen and oxygen atoms in total. The molecule has 0 saturated heterocycles. The number of hydrogen-bond donors (Lipinski definition) is 1. The average Bonchev–Trinajstić information content (AvgIpc) is 2.69. The second-order valence-electron chi connectivity index (χ2n) is 4.84. The fourth-order valence-corrected chi connectivity index (χ4v) is 2.90. The molecular formula is C11H14F2O4. The molecular weight excluding hydrogens is 234 g/mol. The molecule has 0 aromatic carbocycles. The smallest absolute Gasteiger partial charge is 0.307 e. The van der Waals surface area contributed by atoms with E-state index in [2.05, 4.69) is 4.74 Å². The summed E-state index contributed by atoms with van der Waals surface area (Å²) < 4.78 is 30.4. The first-order chi connectivity index (χ1) is 7.87. The number of carbonyl (C=O) groups is 2. The van der Waals surface area contributed by atoms with Gasteiger partial charge in [-0.25, -0.2) is 8.78 Å². The molecule has 2 aliphatic rings. The lowest BCUT2D eigenvalue weighted by molar-refractivity contribution is -0.152. The van der Waals surface area contributed by atoms with E-state index in [0.29, 0.717) is 0 Å². The highest BCUT2D eigenvalue weighted by molar-refractivity contribution is 5.79. The van der Waals surface area contributed by atoms with Crippen LogP contribution in [-0.2, 0) is 14.3 Å². The largest absolute Gasteiger partial charge is 0.481 e. The number of ether oxygens (including phenoxy) is 1. The first-order valence-corrected chi connectivity index (χ1v) is 5.55. The van der Waals surface area contributed by atoms with E-state index < -0.39 is 35.6 Å². The van der Waals surface area contributed by atoms with Gasteiger partial charge in [-0.3, -0.25) is 9.59 Å². The number of fused-ring (bicyclic) bond motifs is 1. The Balaban J connectivity index is 1.96. The van der Waals surface area contributed by atoms with Gasteiger partial charge >= 0.3 is 11.9 Å². The summed E-state index contributed by atoms with van der Waals surface area (Å²) in [5.74, 6) is -6.90. The minimum absolute atomic E-state index is 0.200. The average molecular weight is 248 g/mol. The van der Waals surface area contributed by atoms with E-state index in [1.54, 1.807) is 0 Å². The van der Waals surface area contributed by atoms with E-state index in [1.807, 2.05) is 0 Å². The van der Waals surface area contributed by atoms with Crippen molar-refractivity contribution in [2.24, 2.45) is 23.7 Å². The van der Waals surface area contributed by atoms with Crippen LogP contribution in [0.3, 0.4) is 0 Å². The van der Waals surface area contributed by atoms with Crippen LogP contribution in [0, 0.1) is 23.7 Å². The molecule has 0 aromatic rings. The summed E-state index contributed by atoms with van der Waals surface area (Å²) in [6.45, 7) is 0. The molecule has 4 atom stereocenters. The summed E-state index contributed by atoms with van der Waals surface area (Å²) in [5, 5.41) is 9.01. The number of carboxylic acid groups (broad SMARTS) is 1. The second kappa shape index (κ2) is 3.92. The Labute approximate surface area is 96.9 Å². The van der Waals surface area contributed by atoms with Gasteiger partial charge in [-0.2, -0.15) is 0 Å². The summed E-state index contributed by atoms with van der Waals surface area (Å²) in [6.07, 6.45) is 0.165. The summed E-state index contributed by atoms with van der Waals surface area (Å²) in [7, 11) is 1.18. The van der Waals surface area contributed by atoms with Gasteiger partial charge in [0, 0.05) is 11.8 Å². The van der Waals surface area contributed by atoms with Gasteiger partial charge in [-0.1, -0.05) is 0 Å². The molecule has 0 aromatic heterocycles. The van der Waals surface area contributed by atoms with Crippen LogP contribution in [0.4, 0.5) is 8.78 Å². The van der Waals surface area contributed by atoms with Crippen molar-refractivity contribution in [3.8, 4) is 0 Å². The fraction of sp³-hybridized carbons (Fsp3) is 0.818. The second-order valence-corrected chi connectivity index (χ2v) is 4.84. The zero-order chi connectivity index (χ0) is 12.8. The highest BCUT2D eigenvalue weighted by Gasteiger charge is 2.72. The van der Waals surface area contributed by atoms with Crippen LogP contribution in [0.1, 0.15) is 19.3 Å². The van der Waals surface area contributed by atoms with Crippen molar-refractivity contribution >= 4 is 11.9 Å². The third-order valence-electron chi connectivity index (χ3n) is 3.98. The van der Waals surface area contributed by atoms with Crippen molar-refractivity contribution in [1.82, 2.24) is 0 Å². The van der Waals surface area contributed by atoms with Gasteiger partial charge in [0.15, 0.2) is 0 Å². The summed E-state index contributed by atoms with van der Waals surface area (Å²) >= 11 is 0. The van der Waals surface area contributed by atoms with Crippen molar-refractivity contribution in [2.75, 3.05) is 7.11 Å². The lowest BCUT2D eigenvalue weighted by Gasteiger charge is -2.20. The van der Waals surface area contributed by atoms with Crippen LogP contribution in [0.25, 0.3) is 0 Å². The number of aliphatic carboxylic acids is 1. The van der Waals surface area contributed by atoms with Gasteiger partial charge in [-0.15, -0.1) is 0 Å². The normalized spacial score (nSPS) is 34.9. The van der Waals surface area contributed by atoms with E-state index in [-0.39, 0.29) is 25.2 Å². The number of alkyl halides is 2. The van der Waals surface area contributed by atoms with Crippen molar-refractivity contribution in [2.45, 2.75) is 25.2 Å². The van der Waals surface area contributed by atoms with Gasteiger partial charge < -0.3 is 9.84 Å². The minimum Gasteiger partial charge on any atom is -0.481 e. The van der Waals surface area contributed by atoms with E-state index in [1.165, 1.54) is 7.11 Å². The molecule has 2 fully saturated rings. The molecule has 6 heteroatoms. The Kier molecular flexibility index (Phi) is 2.83. The monoisotopic (exact) mass is 248 g/mol. The van der Waals surface area contributed by atoms with Gasteiger partial charge in [-0.05, 0) is 18.8 Å². The van der Waals surface area contributed by atoms with Crippen LogP contribution < -0.4 is 0 Å². The zero-order valence-corrected chi connectivity index (χ0v) is 9.36. The topological polar surface area (TPSA) is 63.6 Å². The molecule has 0 spiro atoms. The first-order valence-electron chi connectivity index (χ1n) is 5.55. The lowest BCUT2D eigenvalue weighted by atomic mass is 9.85. The van der Waals surface area contributed by atoms with Crippen molar-refractivity contribution in [1.29, 1.82) is 0 Å². The molecule has 2 aliphatic carbocycles. The SMILES string of the molecule is COC(=O)CC(C(=O)O)C1C[C@@H]2[C@H](C1)C2(F)F. The summed E-state index contributed by atoms with van der Waals surface area (Å²) in [5.41, 5.74) is 0. The Morgan fingerprint density at radius 2 is 1.94 bits per heavy atom. The third-order valence-corrected chi connectivity index (χ3v) is 3.98. The molecule has 0 radical (unpaired) electrons. The third kappa shape index (κ3) is 2.00. The quantitative estimate of drug-likeness (QED) is 0.766. The number of carboxylic acids is 1. The predicted molar refractivity (Wildman–Crippen MR) is 52.4 cm³/mol. The highest BCUT2D eigenvalue weighted by atomic mass is 19.3. The van der Waals surface area contributed by atoms with Crippen LogP contribution in [0.2, 0.25) is 0 Å². The molecule has 0 heterocycles. The van der Waals surface area contributed by atoms with Gasteiger partial charge in [0.25, 0.3) is 5.92 Å². The lowest BCUT2D eigenvalue weighted by Crippen LogP contribution is -2.27. The van der Waals surface area contributed by atoms with Crippen molar-refractivity contribution in [3.05, 3.63) is 0 Å². The van der Waals surface area contributed by atoms with Crippen LogP contribution in [0.5, 0.6) is 0 Å². The standard InChI is InChI=1S/C11H14F2O4/c1-17-9(14)4-6(10(15)16)5-2-7-8(3-5)11(7,12)13/h5-8H,2-4H2,1H3,(H,15,16)/t5?,6?,7-,8+.